The molecule has 0 saturated carbocycles. The highest BCUT2D eigenvalue weighted by molar-refractivity contribution is 7.09. The zero-order chi connectivity index (χ0) is 15.5. The second kappa shape index (κ2) is 6.07. The number of hydrogen-bond donors (Lipinski definition) is 4. The van der Waals surface area contributed by atoms with Gasteiger partial charge in [-0.2, -0.15) is 0 Å². The van der Waals surface area contributed by atoms with Crippen molar-refractivity contribution in [2.45, 2.75) is 19.5 Å². The van der Waals surface area contributed by atoms with Gasteiger partial charge >= 0.3 is 5.69 Å². The fraction of sp³-hybridized carbons (Fsp3) is 0.200. The molecule has 1 amide bonds. The number of H-pyrrole nitrogens is 2. The number of nitrogens with one attached hydrogen (secondary N) is 4. The van der Waals surface area contributed by atoms with Gasteiger partial charge in [0.25, 0.3) is 0 Å². The van der Waals surface area contributed by atoms with Gasteiger partial charge in [-0.15, -0.1) is 11.3 Å². The van der Waals surface area contributed by atoms with E-state index in [1.54, 1.807) is 30.4 Å². The average Bonchev–Trinajstić information content (AvgIpc) is 3.12. The molecule has 2 heterocycles. The first kappa shape index (κ1) is 14.4. The number of anilines is 1. The van der Waals surface area contributed by atoms with Crippen molar-refractivity contribution >= 4 is 34.0 Å². The number of thiophene rings is 1. The first-order valence-corrected chi connectivity index (χ1v) is 7.78. The molecule has 114 valence electrons. The number of hydrogen-bond acceptors (Lipinski definition) is 4. The minimum Gasteiger partial charge on any atom is -0.374 e. The van der Waals surface area contributed by atoms with E-state index in [4.69, 9.17) is 0 Å². The Labute approximate surface area is 130 Å². The summed E-state index contributed by atoms with van der Waals surface area (Å²) in [4.78, 5) is 29.8. The molecule has 1 aromatic carbocycles. The predicted octanol–water partition coefficient (Wildman–Crippen LogP) is 2.03. The van der Waals surface area contributed by atoms with E-state index in [0.717, 1.165) is 16.1 Å². The molecule has 0 unspecified atom stereocenters. The maximum Gasteiger partial charge on any atom is 0.323 e. The highest BCUT2D eigenvalue weighted by atomic mass is 32.1. The van der Waals surface area contributed by atoms with Gasteiger partial charge in [0.15, 0.2) is 0 Å². The number of aromatic amines is 2. The van der Waals surface area contributed by atoms with E-state index < -0.39 is 0 Å². The van der Waals surface area contributed by atoms with Crippen molar-refractivity contribution in [3.63, 3.8) is 0 Å². The Hall–Kier alpha value is -2.54. The Morgan fingerprint density at radius 2 is 2.09 bits per heavy atom. The van der Waals surface area contributed by atoms with Crippen molar-refractivity contribution in [2.75, 3.05) is 5.32 Å². The highest BCUT2D eigenvalue weighted by Crippen LogP contribution is 2.15. The van der Waals surface area contributed by atoms with Gasteiger partial charge in [0.05, 0.1) is 17.6 Å². The van der Waals surface area contributed by atoms with Gasteiger partial charge in [0, 0.05) is 10.6 Å². The van der Waals surface area contributed by atoms with Crippen LogP contribution >= 0.6 is 11.3 Å². The summed E-state index contributed by atoms with van der Waals surface area (Å²) in [6.07, 6.45) is 0. The van der Waals surface area contributed by atoms with Crippen LogP contribution in [0.4, 0.5) is 5.69 Å². The van der Waals surface area contributed by atoms with Crippen LogP contribution in [-0.2, 0) is 11.3 Å². The van der Waals surface area contributed by atoms with Crippen molar-refractivity contribution < 1.29 is 4.79 Å². The number of carbonyl (C=O) groups excluding carboxylic acids is 1. The first-order valence-electron chi connectivity index (χ1n) is 6.90. The summed E-state index contributed by atoms with van der Waals surface area (Å²) in [5.74, 6) is -0.0731. The minimum atomic E-state index is -0.372. The highest BCUT2D eigenvalue weighted by Gasteiger charge is 2.12. The second-order valence-electron chi connectivity index (χ2n) is 5.00. The summed E-state index contributed by atoms with van der Waals surface area (Å²) in [5, 5.41) is 8.00. The summed E-state index contributed by atoms with van der Waals surface area (Å²) in [6, 6.07) is 9.00. The molecule has 3 rings (SSSR count). The molecular weight excluding hydrogens is 300 g/mol. The number of amides is 1. The fourth-order valence-corrected chi connectivity index (χ4v) is 2.82. The van der Waals surface area contributed by atoms with E-state index in [-0.39, 0.29) is 17.6 Å². The molecule has 0 radical (unpaired) electrons. The Balaban J connectivity index is 1.62. The van der Waals surface area contributed by atoms with Gasteiger partial charge in [0.2, 0.25) is 5.91 Å². The zero-order valence-electron chi connectivity index (χ0n) is 12.0. The number of benzene rings is 1. The monoisotopic (exact) mass is 316 g/mol. The summed E-state index contributed by atoms with van der Waals surface area (Å²) < 4.78 is 0. The van der Waals surface area contributed by atoms with Gasteiger partial charge in [-0.05, 0) is 36.6 Å². The molecule has 0 fully saturated rings. The van der Waals surface area contributed by atoms with Crippen molar-refractivity contribution in [1.29, 1.82) is 0 Å². The quantitative estimate of drug-likeness (QED) is 0.580. The second-order valence-corrected chi connectivity index (χ2v) is 6.03. The SMILES string of the molecule is C[C@@H](Nc1ccc2[nH]c(=O)[nH]c2c1)C(=O)NCc1cccs1. The van der Waals surface area contributed by atoms with Crippen LogP contribution in [0.3, 0.4) is 0 Å². The summed E-state index contributed by atoms with van der Waals surface area (Å²) in [7, 11) is 0. The molecule has 7 heteroatoms. The van der Waals surface area contributed by atoms with E-state index in [0.29, 0.717) is 12.1 Å². The molecule has 0 bridgehead atoms. The van der Waals surface area contributed by atoms with Crippen LogP contribution < -0.4 is 16.3 Å². The minimum absolute atomic E-state index is 0.0731. The molecule has 3 aromatic rings. The third-order valence-electron chi connectivity index (χ3n) is 3.31. The van der Waals surface area contributed by atoms with Crippen LogP contribution in [0, 0.1) is 0 Å². The molecule has 0 spiro atoms. The van der Waals surface area contributed by atoms with Crippen LogP contribution in [0.5, 0.6) is 0 Å². The largest absolute Gasteiger partial charge is 0.374 e. The molecule has 0 saturated heterocycles. The van der Waals surface area contributed by atoms with Crippen LogP contribution in [0.1, 0.15) is 11.8 Å². The summed E-state index contributed by atoms with van der Waals surface area (Å²) in [5.41, 5.74) is 1.99. The number of carbonyl (C=O) groups is 1. The number of imidazole rings is 1. The maximum atomic E-state index is 12.1. The lowest BCUT2D eigenvalue weighted by Gasteiger charge is -2.15. The Morgan fingerprint density at radius 3 is 2.86 bits per heavy atom. The Morgan fingerprint density at radius 1 is 1.27 bits per heavy atom. The van der Waals surface area contributed by atoms with Gasteiger partial charge in [0.1, 0.15) is 6.04 Å². The molecule has 0 aliphatic heterocycles. The molecule has 0 aliphatic rings. The number of fused-ring (bicyclic) bond motifs is 1. The number of aromatic nitrogens is 2. The zero-order valence-corrected chi connectivity index (χ0v) is 12.8. The molecule has 0 aliphatic carbocycles. The van der Waals surface area contributed by atoms with Gasteiger partial charge in [-0.3, -0.25) is 4.79 Å². The smallest absolute Gasteiger partial charge is 0.323 e. The van der Waals surface area contributed by atoms with Crippen molar-refractivity contribution in [2.24, 2.45) is 0 Å². The molecule has 2 aromatic heterocycles. The van der Waals surface area contributed by atoms with E-state index in [1.165, 1.54) is 0 Å². The normalized spacial score (nSPS) is 12.2. The number of rotatable bonds is 5. The molecule has 22 heavy (non-hydrogen) atoms. The summed E-state index contributed by atoms with van der Waals surface area (Å²) >= 11 is 1.61. The van der Waals surface area contributed by atoms with E-state index in [9.17, 15) is 9.59 Å². The lowest BCUT2D eigenvalue weighted by molar-refractivity contribution is -0.121. The summed E-state index contributed by atoms with van der Waals surface area (Å²) in [6.45, 7) is 2.33. The third kappa shape index (κ3) is 3.20. The van der Waals surface area contributed by atoms with Gasteiger partial charge < -0.3 is 20.6 Å². The first-order chi connectivity index (χ1) is 10.6. The van der Waals surface area contributed by atoms with Crippen molar-refractivity contribution in [1.82, 2.24) is 15.3 Å². The maximum absolute atomic E-state index is 12.1. The predicted molar refractivity (Wildman–Crippen MR) is 88.2 cm³/mol. The van der Waals surface area contributed by atoms with Gasteiger partial charge in [-0.1, -0.05) is 6.07 Å². The van der Waals surface area contributed by atoms with E-state index >= 15 is 0 Å². The van der Waals surface area contributed by atoms with Gasteiger partial charge in [-0.25, -0.2) is 4.79 Å². The van der Waals surface area contributed by atoms with Crippen LogP contribution in [0.2, 0.25) is 0 Å². The molecular formula is C15H16N4O2S. The van der Waals surface area contributed by atoms with E-state index in [2.05, 4.69) is 20.6 Å². The topological polar surface area (TPSA) is 89.8 Å². The third-order valence-corrected chi connectivity index (χ3v) is 4.19. The lowest BCUT2D eigenvalue weighted by Crippen LogP contribution is -2.37. The average molecular weight is 316 g/mol. The Bertz CT molecular complexity index is 835. The van der Waals surface area contributed by atoms with Crippen molar-refractivity contribution in [3.05, 3.63) is 51.1 Å². The van der Waals surface area contributed by atoms with Crippen molar-refractivity contribution in [3.8, 4) is 0 Å². The van der Waals surface area contributed by atoms with Crippen LogP contribution in [-0.4, -0.2) is 21.9 Å². The lowest BCUT2D eigenvalue weighted by atomic mass is 10.2. The fourth-order valence-electron chi connectivity index (χ4n) is 2.18. The molecule has 1 atom stereocenters. The molecule has 4 N–H and O–H groups in total. The van der Waals surface area contributed by atoms with E-state index in [1.807, 2.05) is 23.6 Å². The van der Waals surface area contributed by atoms with Crippen LogP contribution in [0.25, 0.3) is 11.0 Å². The molecule has 6 nitrogen and oxygen atoms in total. The van der Waals surface area contributed by atoms with Crippen LogP contribution in [0.15, 0.2) is 40.5 Å². The Kier molecular flexibility index (Phi) is 3.97. The standard InChI is InChI=1S/C15H16N4O2S/c1-9(14(20)16-8-11-3-2-6-22-11)17-10-4-5-12-13(7-10)19-15(21)18-12/h2-7,9,17H,8H2,1H3,(H,16,20)(H2,18,19,21)/t9-/m1/s1.